The van der Waals surface area contributed by atoms with Gasteiger partial charge in [-0.15, -0.1) is 0 Å². The summed E-state index contributed by atoms with van der Waals surface area (Å²) in [7, 11) is 0. The molecule has 2 aromatic carbocycles. The Morgan fingerprint density at radius 2 is 1.55 bits per heavy atom. The number of ether oxygens (including phenoxy) is 5. The molecule has 0 bridgehead atoms. The first kappa shape index (κ1) is 41.4. The maximum atomic E-state index is 12.3. The molecule has 0 spiro atoms. The van der Waals surface area contributed by atoms with Gasteiger partial charge in [0.1, 0.15) is 36.6 Å². The molecule has 15 heteroatoms. The van der Waals surface area contributed by atoms with Crippen LogP contribution < -0.4 is 5.32 Å². The number of nitrogens with one attached hydrogen (secondary N) is 1. The van der Waals surface area contributed by atoms with E-state index in [1.165, 1.54) is 0 Å². The molecular weight excluding hydrogens is 718 g/mol. The van der Waals surface area contributed by atoms with Gasteiger partial charge in [-0.1, -0.05) is 62.4 Å². The number of aromatic carboxylic acids is 1. The van der Waals surface area contributed by atoms with Crippen molar-refractivity contribution in [1.29, 1.82) is 0 Å². The number of aliphatic carboxylic acids is 1. The first-order valence-corrected chi connectivity index (χ1v) is 19.5. The van der Waals surface area contributed by atoms with Crippen LogP contribution in [0.4, 0.5) is 5.69 Å². The highest BCUT2D eigenvalue weighted by Gasteiger charge is 2.50. The fourth-order valence-corrected chi connectivity index (χ4v) is 8.34. The first-order chi connectivity index (χ1) is 26.4. The number of carboxylic acids is 2. The van der Waals surface area contributed by atoms with Gasteiger partial charge in [-0.3, -0.25) is 0 Å². The number of benzene rings is 2. The molecule has 2 aromatic rings. The van der Waals surface area contributed by atoms with E-state index in [9.17, 15) is 45.3 Å². The van der Waals surface area contributed by atoms with Crippen molar-refractivity contribution in [3.8, 4) is 11.1 Å². The number of aliphatic hydroxyl groups is 5. The van der Waals surface area contributed by atoms with Gasteiger partial charge in [0.25, 0.3) is 0 Å². The number of anilines is 1. The Hall–Kier alpha value is -3.22. The molecule has 6 rings (SSSR count). The van der Waals surface area contributed by atoms with Gasteiger partial charge in [-0.25, -0.2) is 9.59 Å². The summed E-state index contributed by atoms with van der Waals surface area (Å²) in [5, 5.41) is 77.3. The van der Waals surface area contributed by atoms with E-state index in [1.807, 2.05) is 12.1 Å². The second-order valence-corrected chi connectivity index (χ2v) is 15.3. The summed E-state index contributed by atoms with van der Waals surface area (Å²) in [5.41, 5.74) is 2.13. The maximum Gasteiger partial charge on any atom is 0.336 e. The van der Waals surface area contributed by atoms with Gasteiger partial charge in [0.05, 0.1) is 36.5 Å². The Labute approximate surface area is 320 Å². The summed E-state index contributed by atoms with van der Waals surface area (Å²) >= 11 is 0. The second kappa shape index (κ2) is 18.8. The van der Waals surface area contributed by atoms with Gasteiger partial charge in [-0.2, -0.15) is 0 Å². The topological polar surface area (TPSA) is 234 Å². The monoisotopic (exact) mass is 773 g/mol. The third kappa shape index (κ3) is 10.0. The summed E-state index contributed by atoms with van der Waals surface area (Å²) in [6.07, 6.45) is -7.44. The van der Waals surface area contributed by atoms with Crippen LogP contribution in [0.15, 0.2) is 48.5 Å². The van der Waals surface area contributed by atoms with E-state index in [0.29, 0.717) is 36.1 Å². The zero-order valence-electron chi connectivity index (χ0n) is 31.0. The average Bonchev–Trinajstić information content (AvgIpc) is 3.17. The minimum Gasteiger partial charge on any atom is -0.479 e. The van der Waals surface area contributed by atoms with Gasteiger partial charge < -0.3 is 64.7 Å². The molecule has 55 heavy (non-hydrogen) atoms. The van der Waals surface area contributed by atoms with E-state index in [4.69, 9.17) is 23.7 Å². The lowest BCUT2D eigenvalue weighted by atomic mass is 9.85. The van der Waals surface area contributed by atoms with Crippen molar-refractivity contribution in [2.24, 2.45) is 5.92 Å². The number of carbonyl (C=O) groups is 2. The Kier molecular flexibility index (Phi) is 14.2. The van der Waals surface area contributed by atoms with Crippen LogP contribution in [0.2, 0.25) is 0 Å². The molecule has 2 heterocycles. The molecule has 2 saturated heterocycles. The molecule has 4 aliphatic rings. The SMILES string of the molecule is C[C@@H]1O[C@@H](O[C@@H]2[C@@H](Nc3ccc(-c4ccccc4C(=O)O)cc3)CCC[C@H]2O[C@@H]2O[C@H](CO)[C@H](O)[C@H](O[C@@H](CC3CCCCC3)C(=O)O)[C@H]2O)[C@@H](O)C[C@@H]1O. The maximum absolute atomic E-state index is 12.3. The van der Waals surface area contributed by atoms with Gasteiger partial charge in [0.2, 0.25) is 0 Å². The Bertz CT molecular complexity index is 1550. The molecule has 15 nitrogen and oxygen atoms in total. The minimum absolute atomic E-state index is 0.0204. The molecule has 4 fully saturated rings. The number of aliphatic hydroxyl groups excluding tert-OH is 5. The van der Waals surface area contributed by atoms with Crippen LogP contribution in [0.5, 0.6) is 0 Å². The third-order valence-electron chi connectivity index (χ3n) is 11.5. The Morgan fingerprint density at radius 3 is 2.24 bits per heavy atom. The number of hydrogen-bond acceptors (Lipinski definition) is 13. The normalized spacial score (nSPS) is 35.2. The Balaban J connectivity index is 1.22. The van der Waals surface area contributed by atoms with Crippen molar-refractivity contribution in [3.63, 3.8) is 0 Å². The number of hydrogen-bond donors (Lipinski definition) is 8. The van der Waals surface area contributed by atoms with Crippen LogP contribution in [0.1, 0.15) is 81.5 Å². The molecule has 13 atom stereocenters. The van der Waals surface area contributed by atoms with E-state index < -0.39 is 98.2 Å². The zero-order chi connectivity index (χ0) is 39.2. The van der Waals surface area contributed by atoms with E-state index in [0.717, 1.165) is 32.1 Å². The van der Waals surface area contributed by atoms with Crippen molar-refractivity contribution in [2.45, 2.75) is 151 Å². The lowest BCUT2D eigenvalue weighted by molar-refractivity contribution is -0.340. The standard InChI is InChI=1S/C40H55NO14/c1-21-28(43)19-29(44)39(51-21)55-35-27(41-24-16-14-23(15-17-24)25-10-5-6-11-26(25)37(47)48)12-7-13-30(35)53-40-34(46)36(33(45)32(20-42)54-40)52-31(38(49)50)18-22-8-3-2-4-9-22/h5-6,10-11,14-17,21-22,27-36,39-46H,2-4,7-9,12-13,18-20H2,1H3,(H,47,48)(H,49,50)/t21-,27-,28-,29-,30+,31-,32+,33-,34+,35+,36-,39-,40+/m0/s1. The molecule has 2 aliphatic carbocycles. The van der Waals surface area contributed by atoms with E-state index in [2.05, 4.69) is 5.32 Å². The van der Waals surface area contributed by atoms with Crippen LogP contribution >= 0.6 is 0 Å². The Morgan fingerprint density at radius 1 is 0.818 bits per heavy atom. The summed E-state index contributed by atoms with van der Waals surface area (Å²) in [4.78, 5) is 24.2. The third-order valence-corrected chi connectivity index (χ3v) is 11.5. The van der Waals surface area contributed by atoms with Crippen LogP contribution in [0.25, 0.3) is 11.1 Å². The molecule has 2 saturated carbocycles. The summed E-state index contributed by atoms with van der Waals surface area (Å²) in [6, 6.07) is 13.5. The number of rotatable bonds is 14. The lowest BCUT2D eigenvalue weighted by Gasteiger charge is -2.47. The fraction of sp³-hybridized carbons (Fsp3) is 0.650. The molecule has 0 amide bonds. The van der Waals surface area contributed by atoms with Crippen LogP contribution in [-0.4, -0.2) is 134 Å². The molecule has 0 aromatic heterocycles. The van der Waals surface area contributed by atoms with E-state index in [1.54, 1.807) is 43.3 Å². The highest BCUT2D eigenvalue weighted by atomic mass is 16.7. The average molecular weight is 774 g/mol. The van der Waals surface area contributed by atoms with E-state index >= 15 is 0 Å². The molecule has 0 radical (unpaired) electrons. The smallest absolute Gasteiger partial charge is 0.336 e. The zero-order valence-corrected chi connectivity index (χ0v) is 31.0. The molecule has 2 aliphatic heterocycles. The fourth-order valence-electron chi connectivity index (χ4n) is 8.34. The molecule has 8 N–H and O–H groups in total. The minimum atomic E-state index is -1.65. The second-order valence-electron chi connectivity index (χ2n) is 15.3. The highest BCUT2D eigenvalue weighted by Crippen LogP contribution is 2.36. The quantitative estimate of drug-likeness (QED) is 0.138. The van der Waals surface area contributed by atoms with Crippen LogP contribution in [-0.2, 0) is 28.5 Å². The van der Waals surface area contributed by atoms with Crippen molar-refractivity contribution < 1.29 is 69.0 Å². The van der Waals surface area contributed by atoms with Gasteiger partial charge in [0.15, 0.2) is 18.7 Å². The first-order valence-electron chi connectivity index (χ1n) is 19.5. The molecular formula is C40H55NO14. The van der Waals surface area contributed by atoms with Crippen molar-refractivity contribution in [2.75, 3.05) is 11.9 Å². The molecule has 0 unspecified atom stereocenters. The predicted octanol–water partition coefficient (Wildman–Crippen LogP) is 2.89. The molecule has 304 valence electrons. The summed E-state index contributed by atoms with van der Waals surface area (Å²) < 4.78 is 30.6. The van der Waals surface area contributed by atoms with Crippen molar-refractivity contribution in [1.82, 2.24) is 0 Å². The van der Waals surface area contributed by atoms with Crippen molar-refractivity contribution in [3.05, 3.63) is 54.1 Å². The lowest BCUT2D eigenvalue weighted by Crippen LogP contribution is -2.63. The largest absolute Gasteiger partial charge is 0.479 e. The van der Waals surface area contributed by atoms with Gasteiger partial charge in [0, 0.05) is 12.1 Å². The van der Waals surface area contributed by atoms with Gasteiger partial charge in [-0.05, 0) is 67.9 Å². The summed E-state index contributed by atoms with van der Waals surface area (Å²) in [6.45, 7) is 1.02. The van der Waals surface area contributed by atoms with Gasteiger partial charge >= 0.3 is 11.9 Å². The predicted molar refractivity (Wildman–Crippen MR) is 196 cm³/mol. The summed E-state index contributed by atoms with van der Waals surface area (Å²) in [5.74, 6) is -2.12. The van der Waals surface area contributed by atoms with Crippen LogP contribution in [0, 0.1) is 5.92 Å². The van der Waals surface area contributed by atoms with Crippen LogP contribution in [0.3, 0.4) is 0 Å². The van der Waals surface area contributed by atoms with Crippen molar-refractivity contribution >= 4 is 17.6 Å². The highest BCUT2D eigenvalue weighted by molar-refractivity contribution is 5.96. The van der Waals surface area contributed by atoms with E-state index in [-0.39, 0.29) is 24.3 Å². The number of carboxylic acid groups (broad SMARTS) is 2.